The van der Waals surface area contributed by atoms with E-state index < -0.39 is 0 Å². The summed E-state index contributed by atoms with van der Waals surface area (Å²) in [7, 11) is 1.88. The number of aromatic nitrogens is 3. The largest absolute Gasteiger partial charge is 0.463 e. The van der Waals surface area contributed by atoms with Crippen molar-refractivity contribution >= 4 is 0 Å². The molecule has 0 saturated carbocycles. The van der Waals surface area contributed by atoms with Crippen LogP contribution in [0.25, 0.3) is 28.4 Å². The van der Waals surface area contributed by atoms with Crippen molar-refractivity contribution in [3.8, 4) is 28.4 Å². The summed E-state index contributed by atoms with van der Waals surface area (Å²) in [6, 6.07) is 18.9. The molecule has 124 valence electrons. The molecular formula is C20H17N3O2. The van der Waals surface area contributed by atoms with E-state index in [0.717, 1.165) is 11.4 Å². The van der Waals surface area contributed by atoms with E-state index in [9.17, 15) is 4.79 Å². The number of pyridine rings is 1. The first-order chi connectivity index (χ1) is 12.2. The Morgan fingerprint density at radius 3 is 2.40 bits per heavy atom. The number of hydrogen-bond donors (Lipinski definition) is 0. The molecule has 3 aromatic heterocycles. The minimum absolute atomic E-state index is 0.0877. The third-order valence-corrected chi connectivity index (χ3v) is 4.33. The molecule has 4 aromatic rings. The molecule has 0 aliphatic rings. The minimum atomic E-state index is -0.0877. The lowest BCUT2D eigenvalue weighted by molar-refractivity contribution is 0.580. The van der Waals surface area contributed by atoms with Crippen LogP contribution in [-0.2, 0) is 7.05 Å². The zero-order valence-electron chi connectivity index (χ0n) is 14.0. The molecule has 0 unspecified atom stereocenters. The van der Waals surface area contributed by atoms with Crippen molar-refractivity contribution in [2.24, 2.45) is 7.05 Å². The van der Waals surface area contributed by atoms with Crippen molar-refractivity contribution < 1.29 is 4.42 Å². The topological polar surface area (TPSA) is 53.0 Å². The maximum atomic E-state index is 13.1. The van der Waals surface area contributed by atoms with Gasteiger partial charge in [0.2, 0.25) is 0 Å². The average molecular weight is 331 g/mol. The molecule has 0 spiro atoms. The van der Waals surface area contributed by atoms with Crippen LogP contribution in [0.1, 0.15) is 5.69 Å². The summed E-state index contributed by atoms with van der Waals surface area (Å²) < 4.78 is 8.93. The van der Waals surface area contributed by atoms with Gasteiger partial charge in [0, 0.05) is 12.7 Å². The molecule has 0 saturated heterocycles. The van der Waals surface area contributed by atoms with Crippen LogP contribution in [-0.4, -0.2) is 14.3 Å². The molecule has 0 atom stereocenters. The maximum Gasteiger partial charge on any atom is 0.281 e. The van der Waals surface area contributed by atoms with Crippen LogP contribution in [0.4, 0.5) is 0 Å². The first kappa shape index (κ1) is 15.2. The zero-order chi connectivity index (χ0) is 17.4. The summed E-state index contributed by atoms with van der Waals surface area (Å²) in [5, 5.41) is 0. The van der Waals surface area contributed by atoms with Gasteiger partial charge in [-0.25, -0.2) is 9.67 Å². The maximum absolute atomic E-state index is 13.1. The van der Waals surface area contributed by atoms with E-state index in [0.29, 0.717) is 22.7 Å². The van der Waals surface area contributed by atoms with Gasteiger partial charge in [-0.1, -0.05) is 24.3 Å². The summed E-state index contributed by atoms with van der Waals surface area (Å²) in [6.07, 6.45) is 1.61. The number of hydrogen-bond acceptors (Lipinski definition) is 3. The Morgan fingerprint density at radius 2 is 1.68 bits per heavy atom. The van der Waals surface area contributed by atoms with E-state index in [-0.39, 0.29) is 5.56 Å². The Balaban J connectivity index is 1.91. The molecule has 0 fully saturated rings. The highest BCUT2D eigenvalue weighted by Gasteiger charge is 2.19. The van der Waals surface area contributed by atoms with E-state index in [1.54, 1.807) is 10.9 Å². The first-order valence-corrected chi connectivity index (χ1v) is 8.02. The molecule has 3 heterocycles. The summed E-state index contributed by atoms with van der Waals surface area (Å²) in [5.74, 6) is 0.679. The average Bonchev–Trinajstić information content (AvgIpc) is 3.24. The van der Waals surface area contributed by atoms with Gasteiger partial charge in [0.15, 0.2) is 5.76 Å². The number of para-hydroxylation sites is 1. The van der Waals surface area contributed by atoms with Gasteiger partial charge in [-0.15, -0.1) is 0 Å². The van der Waals surface area contributed by atoms with Gasteiger partial charge in [-0.3, -0.25) is 9.48 Å². The highest BCUT2D eigenvalue weighted by molar-refractivity contribution is 5.65. The second-order valence-corrected chi connectivity index (χ2v) is 5.82. The fourth-order valence-corrected chi connectivity index (χ4v) is 3.00. The minimum Gasteiger partial charge on any atom is -0.463 e. The van der Waals surface area contributed by atoms with Crippen LogP contribution in [0.3, 0.4) is 0 Å². The summed E-state index contributed by atoms with van der Waals surface area (Å²) >= 11 is 0. The van der Waals surface area contributed by atoms with Gasteiger partial charge in [0.25, 0.3) is 5.56 Å². The monoisotopic (exact) mass is 331 g/mol. The van der Waals surface area contributed by atoms with Crippen LogP contribution in [0, 0.1) is 6.92 Å². The lowest BCUT2D eigenvalue weighted by Gasteiger charge is -2.07. The third kappa shape index (κ3) is 2.50. The summed E-state index contributed by atoms with van der Waals surface area (Å²) in [6.45, 7) is 1.93. The predicted molar refractivity (Wildman–Crippen MR) is 96.7 cm³/mol. The van der Waals surface area contributed by atoms with E-state index in [2.05, 4.69) is 4.98 Å². The lowest BCUT2D eigenvalue weighted by Crippen LogP contribution is -2.20. The first-order valence-electron chi connectivity index (χ1n) is 8.02. The predicted octanol–water partition coefficient (Wildman–Crippen LogP) is 3.81. The number of rotatable bonds is 3. The Hall–Kier alpha value is -3.34. The number of nitrogens with zero attached hydrogens (tertiary/aromatic N) is 3. The summed E-state index contributed by atoms with van der Waals surface area (Å²) in [4.78, 5) is 17.7. The molecule has 0 aliphatic carbocycles. The fourth-order valence-electron chi connectivity index (χ4n) is 3.00. The smallest absolute Gasteiger partial charge is 0.281 e. The molecule has 1 aromatic carbocycles. The van der Waals surface area contributed by atoms with Gasteiger partial charge in [0.05, 0.1) is 23.2 Å². The van der Waals surface area contributed by atoms with Crippen molar-refractivity contribution in [2.75, 3.05) is 0 Å². The molecule has 0 aliphatic heterocycles. The normalized spacial score (nSPS) is 11.0. The van der Waals surface area contributed by atoms with Gasteiger partial charge in [0.1, 0.15) is 5.69 Å². The molecule has 0 radical (unpaired) electrons. The van der Waals surface area contributed by atoms with Crippen LogP contribution in [0.2, 0.25) is 0 Å². The van der Waals surface area contributed by atoms with Crippen molar-refractivity contribution in [1.82, 2.24) is 14.3 Å². The highest BCUT2D eigenvalue weighted by atomic mass is 16.3. The van der Waals surface area contributed by atoms with Crippen LogP contribution < -0.4 is 5.56 Å². The van der Waals surface area contributed by atoms with Crippen LogP contribution in [0.5, 0.6) is 0 Å². The molecule has 5 heteroatoms. The molecule has 0 amide bonds. The van der Waals surface area contributed by atoms with Gasteiger partial charge >= 0.3 is 0 Å². The van der Waals surface area contributed by atoms with Crippen LogP contribution >= 0.6 is 0 Å². The lowest BCUT2D eigenvalue weighted by atomic mass is 10.1. The molecule has 0 N–H and O–H groups in total. The Morgan fingerprint density at radius 1 is 0.920 bits per heavy atom. The van der Waals surface area contributed by atoms with E-state index in [1.807, 2.05) is 79.3 Å². The van der Waals surface area contributed by atoms with Gasteiger partial charge in [-0.05, 0) is 43.3 Å². The molecular weight excluding hydrogens is 314 g/mol. The van der Waals surface area contributed by atoms with Crippen molar-refractivity contribution in [3.05, 3.63) is 83.0 Å². The highest BCUT2D eigenvalue weighted by Crippen LogP contribution is 2.24. The van der Waals surface area contributed by atoms with E-state index in [1.165, 1.54) is 0 Å². The van der Waals surface area contributed by atoms with E-state index >= 15 is 0 Å². The fraction of sp³-hybridized carbons (Fsp3) is 0.100. The molecule has 25 heavy (non-hydrogen) atoms. The second-order valence-electron chi connectivity index (χ2n) is 5.82. The number of benzene rings is 1. The molecule has 0 bridgehead atoms. The van der Waals surface area contributed by atoms with Crippen molar-refractivity contribution in [1.29, 1.82) is 0 Å². The third-order valence-electron chi connectivity index (χ3n) is 4.33. The zero-order valence-corrected chi connectivity index (χ0v) is 14.0. The summed E-state index contributed by atoms with van der Waals surface area (Å²) in [5.41, 5.74) is 3.54. The van der Waals surface area contributed by atoms with Gasteiger partial charge < -0.3 is 4.42 Å². The number of furan rings is 1. The SMILES string of the molecule is Cc1c(-c2cccc(-c3ccco3)n2)c(=O)n(-c2ccccc2)n1C. The van der Waals surface area contributed by atoms with Crippen molar-refractivity contribution in [3.63, 3.8) is 0 Å². The Bertz CT molecular complexity index is 1070. The Kier molecular flexibility index (Phi) is 3.61. The van der Waals surface area contributed by atoms with Crippen molar-refractivity contribution in [2.45, 2.75) is 6.92 Å². The second kappa shape index (κ2) is 5.94. The standard InChI is InChI=1S/C20H17N3O2/c1-14-19(17-11-6-10-16(21-17)18-12-7-13-25-18)20(24)23(22(14)2)15-8-4-3-5-9-15/h3-13H,1-2H3. The molecule has 5 nitrogen and oxygen atoms in total. The Labute approximate surface area is 144 Å². The van der Waals surface area contributed by atoms with E-state index in [4.69, 9.17) is 4.42 Å². The molecule has 4 rings (SSSR count). The van der Waals surface area contributed by atoms with Crippen LogP contribution in [0.15, 0.2) is 76.1 Å². The van der Waals surface area contributed by atoms with Gasteiger partial charge in [-0.2, -0.15) is 0 Å². The quantitative estimate of drug-likeness (QED) is 0.574.